The molecule has 1 aromatic carbocycles. The smallest absolute Gasteiger partial charge is 0.311 e. The van der Waals surface area contributed by atoms with Gasteiger partial charge in [-0.1, -0.05) is 57.0 Å². The van der Waals surface area contributed by atoms with Crippen LogP contribution in [0.2, 0.25) is 5.02 Å². The van der Waals surface area contributed by atoms with Crippen molar-refractivity contribution in [2.75, 3.05) is 13.2 Å². The zero-order chi connectivity index (χ0) is 19.3. The van der Waals surface area contributed by atoms with Crippen molar-refractivity contribution in [2.24, 2.45) is 0 Å². The van der Waals surface area contributed by atoms with Crippen molar-refractivity contribution >= 4 is 17.6 Å². The molecule has 152 valence electrons. The quantitative estimate of drug-likeness (QED) is 0.256. The lowest BCUT2D eigenvalue weighted by molar-refractivity contribution is -0.134. The third-order valence-corrected chi connectivity index (χ3v) is 5.24. The van der Waals surface area contributed by atoms with Crippen LogP contribution in [0.1, 0.15) is 77.6 Å². The first kappa shape index (κ1) is 22.0. The monoisotopic (exact) mass is 395 g/mol. The molecule has 1 aliphatic rings. The lowest BCUT2D eigenvalue weighted by Gasteiger charge is -2.14. The van der Waals surface area contributed by atoms with Gasteiger partial charge in [-0.3, -0.25) is 4.79 Å². The molecular formula is C22H34ClNO3. The van der Waals surface area contributed by atoms with Gasteiger partial charge >= 0.3 is 5.97 Å². The second-order valence-electron chi connectivity index (χ2n) is 7.37. The van der Waals surface area contributed by atoms with Gasteiger partial charge in [-0.2, -0.15) is 0 Å². The molecule has 1 N–H and O–H groups in total. The van der Waals surface area contributed by atoms with Gasteiger partial charge in [0.05, 0.1) is 6.61 Å². The van der Waals surface area contributed by atoms with Crippen molar-refractivity contribution in [1.82, 2.24) is 5.32 Å². The van der Waals surface area contributed by atoms with Gasteiger partial charge in [-0.05, 0) is 44.4 Å². The van der Waals surface area contributed by atoms with E-state index in [4.69, 9.17) is 21.1 Å². The maximum Gasteiger partial charge on any atom is 0.311 e. The number of hydrogen-bond donors (Lipinski definition) is 1. The highest BCUT2D eigenvalue weighted by Gasteiger charge is 2.15. The van der Waals surface area contributed by atoms with Gasteiger partial charge in [-0.25, -0.2) is 0 Å². The van der Waals surface area contributed by atoms with Crippen LogP contribution in [0.3, 0.4) is 0 Å². The molecule has 1 unspecified atom stereocenters. The molecule has 1 atom stereocenters. The van der Waals surface area contributed by atoms with Crippen LogP contribution in [0.5, 0.6) is 11.5 Å². The lowest BCUT2D eigenvalue weighted by Crippen LogP contribution is -2.23. The highest BCUT2D eigenvalue weighted by Crippen LogP contribution is 2.31. The fourth-order valence-electron chi connectivity index (χ4n) is 3.40. The molecule has 4 nitrogen and oxygen atoms in total. The number of halogens is 1. The Balaban J connectivity index is 1.71. The molecule has 1 saturated heterocycles. The number of nitrogens with one attached hydrogen (secondary N) is 1. The first-order valence-electron chi connectivity index (χ1n) is 10.6. The van der Waals surface area contributed by atoms with Crippen LogP contribution in [0.15, 0.2) is 18.2 Å². The van der Waals surface area contributed by atoms with Gasteiger partial charge in [0.25, 0.3) is 0 Å². The number of ether oxygens (including phenoxy) is 2. The molecule has 0 radical (unpaired) electrons. The number of carbonyl (C=O) groups is 1. The molecule has 5 heteroatoms. The van der Waals surface area contributed by atoms with Crippen LogP contribution < -0.4 is 14.8 Å². The molecule has 0 aromatic heterocycles. The zero-order valence-electron chi connectivity index (χ0n) is 16.6. The van der Waals surface area contributed by atoms with Gasteiger partial charge in [0, 0.05) is 23.6 Å². The topological polar surface area (TPSA) is 47.6 Å². The fraction of sp³-hybridized carbons (Fsp3) is 0.682. The highest BCUT2D eigenvalue weighted by atomic mass is 35.5. The summed E-state index contributed by atoms with van der Waals surface area (Å²) in [6.45, 7) is 3.91. The van der Waals surface area contributed by atoms with Crippen LogP contribution in [0.4, 0.5) is 0 Å². The third-order valence-electron chi connectivity index (χ3n) is 5.00. The number of rotatable bonds is 13. The predicted octanol–water partition coefficient (Wildman–Crippen LogP) is 5.91. The minimum absolute atomic E-state index is 0.215. The molecule has 0 amide bonds. The van der Waals surface area contributed by atoms with E-state index in [1.54, 1.807) is 18.2 Å². The van der Waals surface area contributed by atoms with Crippen molar-refractivity contribution in [2.45, 2.75) is 83.6 Å². The second kappa shape index (κ2) is 13.0. The van der Waals surface area contributed by atoms with Crippen molar-refractivity contribution in [3.8, 4) is 11.5 Å². The molecule has 0 bridgehead atoms. The summed E-state index contributed by atoms with van der Waals surface area (Å²) in [4.78, 5) is 12.2. The SMILES string of the molecule is CCCCCCCCCC(=O)Oc1cc(Cl)ccc1OCCC1CCCN1. The van der Waals surface area contributed by atoms with Gasteiger partial charge in [-0.15, -0.1) is 0 Å². The van der Waals surface area contributed by atoms with E-state index in [1.807, 2.05) is 0 Å². The normalized spacial score (nSPS) is 16.4. The maximum absolute atomic E-state index is 12.2. The molecule has 1 heterocycles. The predicted molar refractivity (Wildman–Crippen MR) is 111 cm³/mol. The van der Waals surface area contributed by atoms with Crippen LogP contribution in [-0.4, -0.2) is 25.2 Å². The molecule has 0 aliphatic carbocycles. The Labute approximate surface area is 169 Å². The first-order valence-corrected chi connectivity index (χ1v) is 10.9. The summed E-state index contributed by atoms with van der Waals surface area (Å²) >= 11 is 6.07. The molecule has 2 rings (SSSR count). The van der Waals surface area contributed by atoms with E-state index in [1.165, 1.54) is 44.9 Å². The van der Waals surface area contributed by atoms with Gasteiger partial charge < -0.3 is 14.8 Å². The number of unbranched alkanes of at least 4 members (excludes halogenated alkanes) is 6. The highest BCUT2D eigenvalue weighted by molar-refractivity contribution is 6.30. The van der Waals surface area contributed by atoms with Crippen molar-refractivity contribution in [1.29, 1.82) is 0 Å². The summed E-state index contributed by atoms with van der Waals surface area (Å²) in [5.74, 6) is 0.799. The summed E-state index contributed by atoms with van der Waals surface area (Å²) in [5, 5.41) is 4.00. The van der Waals surface area contributed by atoms with E-state index in [0.717, 1.165) is 25.8 Å². The van der Waals surface area contributed by atoms with E-state index in [9.17, 15) is 4.79 Å². The Morgan fingerprint density at radius 1 is 1.15 bits per heavy atom. The van der Waals surface area contributed by atoms with E-state index < -0.39 is 0 Å². The number of benzene rings is 1. The number of hydrogen-bond acceptors (Lipinski definition) is 4. The standard InChI is InChI=1S/C22H34ClNO3/c1-2-3-4-5-6-7-8-11-22(25)27-21-17-18(23)12-13-20(21)26-16-14-19-10-9-15-24-19/h12-13,17,19,24H,2-11,14-16H2,1H3. The minimum atomic E-state index is -0.215. The Kier molecular flexibility index (Phi) is 10.6. The van der Waals surface area contributed by atoms with Crippen molar-refractivity contribution in [3.05, 3.63) is 23.2 Å². The average Bonchev–Trinajstić information content (AvgIpc) is 3.16. The van der Waals surface area contributed by atoms with Gasteiger partial charge in [0.15, 0.2) is 11.5 Å². The van der Waals surface area contributed by atoms with E-state index in [2.05, 4.69) is 12.2 Å². The van der Waals surface area contributed by atoms with Crippen molar-refractivity contribution < 1.29 is 14.3 Å². The molecule has 27 heavy (non-hydrogen) atoms. The van der Waals surface area contributed by atoms with Gasteiger partial charge in [0.1, 0.15) is 0 Å². The maximum atomic E-state index is 12.2. The largest absolute Gasteiger partial charge is 0.490 e. The average molecular weight is 396 g/mol. The van der Waals surface area contributed by atoms with Crippen LogP contribution in [0.25, 0.3) is 0 Å². The molecule has 1 fully saturated rings. The number of esters is 1. The van der Waals surface area contributed by atoms with Crippen LogP contribution in [0, 0.1) is 0 Å². The van der Waals surface area contributed by atoms with E-state index in [-0.39, 0.29) is 5.97 Å². The van der Waals surface area contributed by atoms with Gasteiger partial charge in [0.2, 0.25) is 0 Å². The third kappa shape index (κ3) is 8.98. The minimum Gasteiger partial charge on any atom is -0.490 e. The number of carbonyl (C=O) groups excluding carboxylic acids is 1. The molecule has 0 spiro atoms. The molecule has 1 aromatic rings. The Morgan fingerprint density at radius 3 is 2.67 bits per heavy atom. The fourth-order valence-corrected chi connectivity index (χ4v) is 3.56. The Hall–Kier alpha value is -1.26. The summed E-state index contributed by atoms with van der Waals surface area (Å²) in [6.07, 6.45) is 12.1. The molecular weight excluding hydrogens is 362 g/mol. The van der Waals surface area contributed by atoms with Crippen molar-refractivity contribution in [3.63, 3.8) is 0 Å². The molecule has 1 aliphatic heterocycles. The van der Waals surface area contributed by atoms with Crippen LogP contribution in [-0.2, 0) is 4.79 Å². The zero-order valence-corrected chi connectivity index (χ0v) is 17.4. The Bertz CT molecular complexity index is 558. The van der Waals surface area contributed by atoms with Crippen LogP contribution >= 0.6 is 11.6 Å². The van der Waals surface area contributed by atoms with E-state index in [0.29, 0.717) is 35.6 Å². The summed E-state index contributed by atoms with van der Waals surface area (Å²) in [6, 6.07) is 5.73. The summed E-state index contributed by atoms with van der Waals surface area (Å²) < 4.78 is 11.4. The first-order chi connectivity index (χ1) is 13.2. The molecule has 0 saturated carbocycles. The second-order valence-corrected chi connectivity index (χ2v) is 7.80. The Morgan fingerprint density at radius 2 is 1.93 bits per heavy atom. The lowest BCUT2D eigenvalue weighted by atomic mass is 10.1. The summed E-state index contributed by atoms with van der Waals surface area (Å²) in [7, 11) is 0. The summed E-state index contributed by atoms with van der Waals surface area (Å²) in [5.41, 5.74) is 0. The van der Waals surface area contributed by atoms with E-state index >= 15 is 0 Å².